The number of halogens is 3. The number of rotatable bonds is 6. The minimum Gasteiger partial charge on any atom is -0.481 e. The smallest absolute Gasteiger partial charge is 0.416 e. The van der Waals surface area contributed by atoms with E-state index in [0.717, 1.165) is 12.1 Å². The molecule has 37 heavy (non-hydrogen) atoms. The van der Waals surface area contributed by atoms with Gasteiger partial charge in [-0.15, -0.1) is 5.10 Å². The number of aromatic nitrogens is 2. The fourth-order valence-corrected chi connectivity index (χ4v) is 5.75. The van der Waals surface area contributed by atoms with Crippen LogP contribution in [0.3, 0.4) is 0 Å². The van der Waals surface area contributed by atoms with Gasteiger partial charge in [-0.3, -0.25) is 9.89 Å². The predicted molar refractivity (Wildman–Crippen MR) is 130 cm³/mol. The number of fused-ring (bicyclic) bond motifs is 1. The molecule has 1 unspecified atom stereocenters. The van der Waals surface area contributed by atoms with E-state index in [4.69, 9.17) is 15.6 Å². The summed E-state index contributed by atoms with van der Waals surface area (Å²) in [5, 5.41) is 26.1. The van der Waals surface area contributed by atoms with Gasteiger partial charge >= 0.3 is 12.1 Å². The van der Waals surface area contributed by atoms with E-state index >= 15 is 0 Å². The van der Waals surface area contributed by atoms with Gasteiger partial charge in [0.05, 0.1) is 16.5 Å². The van der Waals surface area contributed by atoms with Crippen LogP contribution in [-0.2, 0) is 16.4 Å². The highest BCUT2D eigenvalue weighted by Crippen LogP contribution is 2.53. The zero-order valence-corrected chi connectivity index (χ0v) is 20.9. The number of aromatic amines is 1. The molecular formula is C26H30F3N5O3. The molecule has 8 nitrogen and oxygen atoms in total. The molecule has 0 radical (unpaired) electrons. The number of carboxylic acids is 1. The molecule has 198 valence electrons. The molecule has 0 amide bonds. The van der Waals surface area contributed by atoms with E-state index < -0.39 is 23.1 Å². The number of aryl methyl sites for hydroxylation is 1. The lowest BCUT2D eigenvalue weighted by molar-refractivity contribution is -0.138. The molecule has 1 aromatic carbocycles. The van der Waals surface area contributed by atoms with Crippen molar-refractivity contribution in [3.63, 3.8) is 0 Å². The summed E-state index contributed by atoms with van der Waals surface area (Å²) in [4.78, 5) is 12.8. The van der Waals surface area contributed by atoms with Gasteiger partial charge in [0.15, 0.2) is 0 Å². The van der Waals surface area contributed by atoms with Crippen molar-refractivity contribution in [3.8, 4) is 11.9 Å². The van der Waals surface area contributed by atoms with Gasteiger partial charge in [-0.05, 0) is 61.8 Å². The van der Waals surface area contributed by atoms with Crippen LogP contribution in [0.25, 0.3) is 0 Å². The van der Waals surface area contributed by atoms with Crippen molar-refractivity contribution < 1.29 is 27.8 Å². The molecule has 3 heterocycles. The Balaban J connectivity index is 1.86. The summed E-state index contributed by atoms with van der Waals surface area (Å²) in [7, 11) is 0. The minimum absolute atomic E-state index is 0.0390. The number of anilines is 1. The third kappa shape index (κ3) is 4.61. The molecule has 2 aromatic rings. The molecule has 4 rings (SSSR count). The molecule has 0 saturated carbocycles. The molecule has 11 heteroatoms. The third-order valence-corrected chi connectivity index (χ3v) is 7.58. The normalized spacial score (nSPS) is 20.5. The average Bonchev–Trinajstić information content (AvgIpc) is 3.21. The highest BCUT2D eigenvalue weighted by atomic mass is 19.4. The van der Waals surface area contributed by atoms with Gasteiger partial charge in [-0.1, -0.05) is 13.8 Å². The number of ether oxygens (including phenoxy) is 1. The van der Waals surface area contributed by atoms with Crippen molar-refractivity contribution in [3.05, 3.63) is 52.0 Å². The number of hydrogen-bond acceptors (Lipinski definition) is 6. The number of nitrogens with zero attached hydrogens (tertiary/aromatic N) is 3. The number of benzene rings is 1. The molecular weight excluding hydrogens is 487 g/mol. The summed E-state index contributed by atoms with van der Waals surface area (Å²) in [6.07, 6.45) is -2.63. The van der Waals surface area contributed by atoms with Crippen LogP contribution in [-0.4, -0.2) is 34.4 Å². The fraction of sp³-hybridized carbons (Fsp3) is 0.500. The lowest BCUT2D eigenvalue weighted by Crippen LogP contribution is -2.42. The Hall–Kier alpha value is -3.68. The number of nitriles is 1. The molecule has 1 aromatic heterocycles. The highest BCUT2D eigenvalue weighted by Gasteiger charge is 2.51. The van der Waals surface area contributed by atoms with Gasteiger partial charge in [-0.25, -0.2) is 0 Å². The molecule has 2 aliphatic heterocycles. The van der Waals surface area contributed by atoms with Crippen molar-refractivity contribution in [2.45, 2.75) is 58.0 Å². The van der Waals surface area contributed by atoms with Crippen LogP contribution < -0.4 is 15.4 Å². The quantitative estimate of drug-likeness (QED) is 0.500. The molecule has 1 atom stereocenters. The summed E-state index contributed by atoms with van der Waals surface area (Å²) in [6, 6.07) is 6.05. The largest absolute Gasteiger partial charge is 0.481 e. The van der Waals surface area contributed by atoms with Crippen LogP contribution in [0.1, 0.15) is 61.9 Å². The summed E-state index contributed by atoms with van der Waals surface area (Å²) in [5.41, 5.74) is 5.78. The number of carbonyl (C=O) groups is 1. The van der Waals surface area contributed by atoms with Gasteiger partial charge in [0.2, 0.25) is 11.8 Å². The zero-order chi connectivity index (χ0) is 27.1. The lowest BCUT2D eigenvalue weighted by Gasteiger charge is -2.42. The van der Waals surface area contributed by atoms with Crippen LogP contribution in [0.5, 0.6) is 5.88 Å². The van der Waals surface area contributed by atoms with Gasteiger partial charge < -0.3 is 20.5 Å². The highest BCUT2D eigenvalue weighted by molar-refractivity contribution is 5.67. The Kier molecular flexibility index (Phi) is 6.88. The van der Waals surface area contributed by atoms with E-state index in [-0.39, 0.29) is 41.2 Å². The van der Waals surface area contributed by atoms with E-state index in [0.29, 0.717) is 49.3 Å². The Labute approximate surface area is 212 Å². The second kappa shape index (κ2) is 9.65. The number of carboxylic acid groups (broad SMARTS) is 1. The van der Waals surface area contributed by atoms with E-state index in [1.165, 1.54) is 0 Å². The zero-order valence-electron chi connectivity index (χ0n) is 20.9. The summed E-state index contributed by atoms with van der Waals surface area (Å²) >= 11 is 0. The van der Waals surface area contributed by atoms with Gasteiger partial charge in [0.1, 0.15) is 11.6 Å². The number of H-pyrrole nitrogens is 1. The number of nitrogens with two attached hydrogens (primary N) is 1. The number of alkyl halides is 3. The Morgan fingerprint density at radius 2 is 2.03 bits per heavy atom. The van der Waals surface area contributed by atoms with E-state index in [2.05, 4.69) is 16.3 Å². The third-order valence-electron chi connectivity index (χ3n) is 7.58. The van der Waals surface area contributed by atoms with Crippen LogP contribution in [0.4, 0.5) is 18.9 Å². The van der Waals surface area contributed by atoms with Gasteiger partial charge in [0, 0.05) is 30.9 Å². The van der Waals surface area contributed by atoms with Crippen LogP contribution in [0.15, 0.2) is 29.7 Å². The first-order valence-electron chi connectivity index (χ1n) is 12.2. The number of aliphatic carboxylic acids is 1. The average molecular weight is 518 g/mol. The second-order valence-corrected chi connectivity index (χ2v) is 10.1. The van der Waals surface area contributed by atoms with Gasteiger partial charge in [0.25, 0.3) is 0 Å². The monoisotopic (exact) mass is 517 g/mol. The molecule has 0 spiro atoms. The van der Waals surface area contributed by atoms with Crippen LogP contribution in [0, 0.1) is 30.1 Å². The SMILES string of the molecule is Cc1[nH]nc2c1C(c1cc(N3CCC(CCC(=O)O)CC3)cc(C(F)(F)F)c1)(C(C)C)C(C#N)=C(N)O2. The van der Waals surface area contributed by atoms with Crippen molar-refractivity contribution in [1.82, 2.24) is 10.2 Å². The van der Waals surface area contributed by atoms with E-state index in [9.17, 15) is 23.2 Å². The molecule has 1 saturated heterocycles. The lowest BCUT2D eigenvalue weighted by atomic mass is 9.61. The number of hydrogen-bond donors (Lipinski definition) is 3. The minimum atomic E-state index is -4.62. The fourth-order valence-electron chi connectivity index (χ4n) is 5.75. The maximum atomic E-state index is 14.2. The number of allylic oxidation sites excluding steroid dienone is 1. The van der Waals surface area contributed by atoms with Crippen molar-refractivity contribution in [1.29, 1.82) is 5.26 Å². The van der Waals surface area contributed by atoms with Crippen molar-refractivity contribution >= 4 is 11.7 Å². The van der Waals surface area contributed by atoms with Gasteiger partial charge in [-0.2, -0.15) is 18.4 Å². The van der Waals surface area contributed by atoms with Crippen LogP contribution >= 0.6 is 0 Å². The molecule has 0 bridgehead atoms. The maximum absolute atomic E-state index is 14.2. The Morgan fingerprint density at radius 3 is 2.59 bits per heavy atom. The first-order valence-corrected chi connectivity index (χ1v) is 12.2. The molecule has 1 fully saturated rings. The molecule has 2 aliphatic rings. The first-order chi connectivity index (χ1) is 17.4. The number of nitrogens with one attached hydrogen (secondary N) is 1. The van der Waals surface area contributed by atoms with Crippen molar-refractivity contribution in [2.24, 2.45) is 17.6 Å². The second-order valence-electron chi connectivity index (χ2n) is 10.1. The van der Waals surface area contributed by atoms with Crippen LogP contribution in [0.2, 0.25) is 0 Å². The van der Waals surface area contributed by atoms with E-state index in [1.807, 2.05) is 18.7 Å². The summed E-state index contributed by atoms with van der Waals surface area (Å²) in [5.74, 6) is -1.07. The molecule has 0 aliphatic carbocycles. The standard InChI is InChI=1S/C26H30F3N5O3/c1-14(2)25(20(13-30)23(31)37-24-22(25)15(3)32-33-24)17-10-18(26(27,28)29)12-19(11-17)34-8-6-16(7-9-34)4-5-21(35)36/h10-12,14,16H,4-9,31H2,1-3H3,(H,32,33)(H,35,36). The summed E-state index contributed by atoms with van der Waals surface area (Å²) < 4.78 is 48.2. The Morgan fingerprint density at radius 1 is 1.35 bits per heavy atom. The molecule has 4 N–H and O–H groups in total. The van der Waals surface area contributed by atoms with E-state index in [1.54, 1.807) is 13.0 Å². The number of piperidine rings is 1. The summed E-state index contributed by atoms with van der Waals surface area (Å²) in [6.45, 7) is 6.41. The topological polar surface area (TPSA) is 128 Å². The van der Waals surface area contributed by atoms with Crippen molar-refractivity contribution in [2.75, 3.05) is 18.0 Å². The predicted octanol–water partition coefficient (Wildman–Crippen LogP) is 4.85. The maximum Gasteiger partial charge on any atom is 0.416 e. The Bertz CT molecular complexity index is 1270. The first kappa shape index (κ1) is 26.4.